The van der Waals surface area contributed by atoms with Crippen LogP contribution in [0.25, 0.3) is 6.08 Å². The summed E-state index contributed by atoms with van der Waals surface area (Å²) in [5.74, 6) is 0.691. The van der Waals surface area contributed by atoms with Crippen LogP contribution >= 0.6 is 0 Å². The van der Waals surface area contributed by atoms with Crippen LogP contribution in [0.1, 0.15) is 19.6 Å². The zero-order chi connectivity index (χ0) is 12.3. The molecule has 2 atom stereocenters. The van der Waals surface area contributed by atoms with Crippen LogP contribution in [0.15, 0.2) is 28.9 Å². The number of rotatable bonds is 2. The van der Waals surface area contributed by atoms with E-state index in [1.807, 2.05) is 24.8 Å². The summed E-state index contributed by atoms with van der Waals surface area (Å²) in [5.41, 5.74) is 0. The molecule has 4 heteroatoms. The van der Waals surface area contributed by atoms with Gasteiger partial charge in [-0.3, -0.25) is 4.79 Å². The highest BCUT2D eigenvalue weighted by Crippen LogP contribution is 2.14. The lowest BCUT2D eigenvalue weighted by atomic mass is 10.1. The second-order valence-corrected chi connectivity index (χ2v) is 4.33. The Kier molecular flexibility index (Phi) is 3.64. The van der Waals surface area contributed by atoms with Gasteiger partial charge in [0.05, 0.1) is 31.6 Å². The molecule has 0 aliphatic carbocycles. The first-order chi connectivity index (χ1) is 8.18. The summed E-state index contributed by atoms with van der Waals surface area (Å²) in [6, 6.07) is 3.85. The lowest BCUT2D eigenvalue weighted by Crippen LogP contribution is -2.51. The van der Waals surface area contributed by atoms with Gasteiger partial charge in [-0.25, -0.2) is 0 Å². The minimum absolute atomic E-state index is 0.00435. The van der Waals surface area contributed by atoms with E-state index < -0.39 is 0 Å². The fraction of sp³-hybridized carbons (Fsp3) is 0.462. The zero-order valence-electron chi connectivity index (χ0n) is 10.1. The van der Waals surface area contributed by atoms with Crippen molar-refractivity contribution in [1.29, 1.82) is 0 Å². The molecule has 0 saturated carbocycles. The second kappa shape index (κ2) is 5.19. The molecule has 1 fully saturated rings. The van der Waals surface area contributed by atoms with E-state index in [0.717, 1.165) is 0 Å². The number of hydrogen-bond donors (Lipinski definition) is 0. The molecule has 0 bridgehead atoms. The molecule has 0 aromatic carbocycles. The molecule has 4 nitrogen and oxygen atoms in total. The van der Waals surface area contributed by atoms with E-state index in [9.17, 15) is 4.79 Å². The van der Waals surface area contributed by atoms with Gasteiger partial charge in [-0.1, -0.05) is 0 Å². The number of ether oxygens (including phenoxy) is 1. The van der Waals surface area contributed by atoms with Crippen LogP contribution in [0.3, 0.4) is 0 Å². The van der Waals surface area contributed by atoms with E-state index in [1.165, 1.54) is 0 Å². The van der Waals surface area contributed by atoms with Gasteiger partial charge in [-0.05, 0) is 32.1 Å². The summed E-state index contributed by atoms with van der Waals surface area (Å²) in [6.45, 7) is 5.19. The van der Waals surface area contributed by atoms with Crippen molar-refractivity contribution in [1.82, 2.24) is 4.90 Å². The third kappa shape index (κ3) is 2.77. The Balaban J connectivity index is 2.03. The normalized spacial score (nSPS) is 25.4. The highest BCUT2D eigenvalue weighted by Gasteiger charge is 2.28. The molecule has 17 heavy (non-hydrogen) atoms. The SMILES string of the molecule is C[C@@H]1COC[C@H](C)N1C(=O)/C=C\c1ccco1. The Morgan fingerprint density at radius 3 is 2.71 bits per heavy atom. The van der Waals surface area contributed by atoms with Gasteiger partial charge in [0.1, 0.15) is 5.76 Å². The molecule has 0 unspecified atom stereocenters. The second-order valence-electron chi connectivity index (χ2n) is 4.33. The molecule has 1 amide bonds. The molecule has 0 spiro atoms. The molecule has 92 valence electrons. The van der Waals surface area contributed by atoms with Gasteiger partial charge >= 0.3 is 0 Å². The number of carbonyl (C=O) groups is 1. The highest BCUT2D eigenvalue weighted by molar-refractivity contribution is 5.91. The maximum atomic E-state index is 12.1. The summed E-state index contributed by atoms with van der Waals surface area (Å²) in [6.07, 6.45) is 4.83. The predicted octanol–water partition coefficient (Wildman–Crippen LogP) is 1.93. The van der Waals surface area contributed by atoms with Crippen LogP contribution in [0, 0.1) is 0 Å². The maximum absolute atomic E-state index is 12.1. The monoisotopic (exact) mass is 235 g/mol. The summed E-state index contributed by atoms with van der Waals surface area (Å²) in [7, 11) is 0. The molecule has 1 aliphatic heterocycles. The molecule has 1 aromatic heterocycles. The average molecular weight is 235 g/mol. The van der Waals surface area contributed by atoms with Crippen LogP contribution in [0.4, 0.5) is 0 Å². The first-order valence-electron chi connectivity index (χ1n) is 5.80. The minimum Gasteiger partial charge on any atom is -0.465 e. The number of furan rings is 1. The third-order valence-electron chi connectivity index (χ3n) is 2.86. The predicted molar refractivity (Wildman–Crippen MR) is 64.3 cm³/mol. The molecular weight excluding hydrogens is 218 g/mol. The fourth-order valence-corrected chi connectivity index (χ4v) is 2.06. The molecule has 2 heterocycles. The van der Waals surface area contributed by atoms with E-state index in [0.29, 0.717) is 19.0 Å². The van der Waals surface area contributed by atoms with E-state index in [4.69, 9.17) is 9.15 Å². The molecule has 2 rings (SSSR count). The summed E-state index contributed by atoms with van der Waals surface area (Å²) < 4.78 is 10.5. The molecular formula is C13H17NO3. The van der Waals surface area contributed by atoms with Crippen LogP contribution in [0.5, 0.6) is 0 Å². The van der Waals surface area contributed by atoms with Crippen LogP contribution < -0.4 is 0 Å². The van der Waals surface area contributed by atoms with Gasteiger partial charge < -0.3 is 14.1 Å². The first kappa shape index (κ1) is 11.9. The number of carbonyl (C=O) groups excluding carboxylic acids is 1. The molecule has 0 radical (unpaired) electrons. The van der Waals surface area contributed by atoms with Crippen molar-refractivity contribution in [2.75, 3.05) is 13.2 Å². The molecule has 0 N–H and O–H groups in total. The maximum Gasteiger partial charge on any atom is 0.247 e. The van der Waals surface area contributed by atoms with Gasteiger partial charge in [0.25, 0.3) is 0 Å². The van der Waals surface area contributed by atoms with E-state index in [1.54, 1.807) is 24.5 Å². The van der Waals surface area contributed by atoms with Gasteiger partial charge in [-0.15, -0.1) is 0 Å². The van der Waals surface area contributed by atoms with Gasteiger partial charge in [0.2, 0.25) is 5.91 Å². The van der Waals surface area contributed by atoms with Gasteiger partial charge in [0.15, 0.2) is 0 Å². The van der Waals surface area contributed by atoms with Crippen molar-refractivity contribution in [3.05, 3.63) is 30.2 Å². The third-order valence-corrected chi connectivity index (χ3v) is 2.86. The van der Waals surface area contributed by atoms with E-state index in [2.05, 4.69) is 0 Å². The molecule has 1 aromatic rings. The quantitative estimate of drug-likeness (QED) is 0.736. The number of morpholine rings is 1. The Labute approximate surface area is 101 Å². The lowest BCUT2D eigenvalue weighted by molar-refractivity contribution is -0.138. The van der Waals surface area contributed by atoms with Gasteiger partial charge in [-0.2, -0.15) is 0 Å². The van der Waals surface area contributed by atoms with Crippen molar-refractivity contribution < 1.29 is 13.9 Å². The van der Waals surface area contributed by atoms with Crippen molar-refractivity contribution in [2.45, 2.75) is 25.9 Å². The van der Waals surface area contributed by atoms with Crippen molar-refractivity contribution in [3.63, 3.8) is 0 Å². The van der Waals surface area contributed by atoms with Crippen molar-refractivity contribution in [2.24, 2.45) is 0 Å². The summed E-state index contributed by atoms with van der Waals surface area (Å²) in [4.78, 5) is 13.9. The number of amides is 1. The fourth-order valence-electron chi connectivity index (χ4n) is 2.06. The number of hydrogen-bond acceptors (Lipinski definition) is 3. The van der Waals surface area contributed by atoms with E-state index >= 15 is 0 Å². The molecule has 1 saturated heterocycles. The van der Waals surface area contributed by atoms with Gasteiger partial charge in [0, 0.05) is 6.08 Å². The summed E-state index contributed by atoms with van der Waals surface area (Å²) >= 11 is 0. The Bertz CT molecular complexity index is 387. The largest absolute Gasteiger partial charge is 0.465 e. The standard InChI is InChI=1S/C13H17NO3/c1-10-8-16-9-11(2)14(10)13(15)6-5-12-4-3-7-17-12/h3-7,10-11H,8-9H2,1-2H3/b6-5-/t10-,11+. The highest BCUT2D eigenvalue weighted by atomic mass is 16.5. The van der Waals surface area contributed by atoms with E-state index in [-0.39, 0.29) is 18.0 Å². The average Bonchev–Trinajstić information content (AvgIpc) is 2.79. The number of nitrogens with zero attached hydrogens (tertiary/aromatic N) is 1. The van der Waals surface area contributed by atoms with Crippen LogP contribution in [-0.4, -0.2) is 36.1 Å². The summed E-state index contributed by atoms with van der Waals surface area (Å²) in [5, 5.41) is 0. The minimum atomic E-state index is 0.00435. The van der Waals surface area contributed by atoms with Crippen LogP contribution in [0.2, 0.25) is 0 Å². The lowest BCUT2D eigenvalue weighted by Gasteiger charge is -2.38. The smallest absolute Gasteiger partial charge is 0.247 e. The van der Waals surface area contributed by atoms with Crippen molar-refractivity contribution >= 4 is 12.0 Å². The first-order valence-corrected chi connectivity index (χ1v) is 5.80. The Hall–Kier alpha value is -1.55. The zero-order valence-corrected chi connectivity index (χ0v) is 10.1. The van der Waals surface area contributed by atoms with Crippen LogP contribution in [-0.2, 0) is 9.53 Å². The topological polar surface area (TPSA) is 42.7 Å². The Morgan fingerprint density at radius 2 is 2.12 bits per heavy atom. The molecule has 1 aliphatic rings. The Morgan fingerprint density at radius 1 is 1.41 bits per heavy atom. The van der Waals surface area contributed by atoms with Crippen molar-refractivity contribution in [3.8, 4) is 0 Å².